The zero-order chi connectivity index (χ0) is 12.6. The number of fused-ring (bicyclic) bond motifs is 4. The van der Waals surface area contributed by atoms with Crippen molar-refractivity contribution in [3.63, 3.8) is 0 Å². The average Bonchev–Trinajstić information content (AvgIpc) is 3.26. The molecule has 0 heteroatoms. The fourth-order valence-electron chi connectivity index (χ4n) is 4.97. The van der Waals surface area contributed by atoms with Gasteiger partial charge in [-0.2, -0.15) is 0 Å². The fourth-order valence-corrected chi connectivity index (χ4v) is 4.97. The second-order valence-electron chi connectivity index (χ2n) is 6.88. The van der Waals surface area contributed by atoms with Crippen molar-refractivity contribution in [2.24, 2.45) is 0 Å². The summed E-state index contributed by atoms with van der Waals surface area (Å²) in [6, 6.07) is 14.1. The Balaban J connectivity index is 1.62. The van der Waals surface area contributed by atoms with Gasteiger partial charge in [0.15, 0.2) is 0 Å². The highest BCUT2D eigenvalue weighted by Crippen LogP contribution is 2.63. The molecule has 0 aromatic heterocycles. The van der Waals surface area contributed by atoms with E-state index in [0.717, 1.165) is 11.8 Å². The van der Waals surface area contributed by atoms with Crippen molar-refractivity contribution >= 4 is 10.8 Å². The largest absolute Gasteiger partial charge is 0.0610 e. The van der Waals surface area contributed by atoms with Crippen LogP contribution in [0.3, 0.4) is 0 Å². The van der Waals surface area contributed by atoms with Crippen molar-refractivity contribution in [2.75, 3.05) is 0 Å². The molecular formula is C20H12. The summed E-state index contributed by atoms with van der Waals surface area (Å²) >= 11 is 0. The van der Waals surface area contributed by atoms with Gasteiger partial charge in [-0.15, -0.1) is 0 Å². The van der Waals surface area contributed by atoms with Gasteiger partial charge in [0.25, 0.3) is 0 Å². The van der Waals surface area contributed by atoms with E-state index in [-0.39, 0.29) is 0 Å². The van der Waals surface area contributed by atoms with Crippen molar-refractivity contribution in [1.29, 1.82) is 0 Å². The second kappa shape index (κ2) is 2.44. The molecule has 92 valence electrons. The van der Waals surface area contributed by atoms with Crippen LogP contribution in [0.4, 0.5) is 0 Å². The summed E-state index contributed by atoms with van der Waals surface area (Å²) in [5, 5.41) is 3.03. The number of benzene rings is 3. The van der Waals surface area contributed by atoms with Gasteiger partial charge in [-0.05, 0) is 68.1 Å². The van der Waals surface area contributed by atoms with Crippen molar-refractivity contribution in [3.05, 3.63) is 69.8 Å². The lowest BCUT2D eigenvalue weighted by Gasteiger charge is -2.09. The van der Waals surface area contributed by atoms with E-state index < -0.39 is 0 Å². The lowest BCUT2D eigenvalue weighted by atomic mass is 9.94. The Morgan fingerprint density at radius 3 is 2.50 bits per heavy atom. The van der Waals surface area contributed by atoms with E-state index in [9.17, 15) is 0 Å². The Kier molecular flexibility index (Phi) is 1.09. The molecule has 0 saturated heterocycles. The minimum atomic E-state index is 0.825. The van der Waals surface area contributed by atoms with E-state index >= 15 is 0 Å². The summed E-state index contributed by atoms with van der Waals surface area (Å²) < 4.78 is 0. The maximum absolute atomic E-state index is 2.47. The summed E-state index contributed by atoms with van der Waals surface area (Å²) in [6.07, 6.45) is 2.61. The van der Waals surface area contributed by atoms with E-state index in [4.69, 9.17) is 0 Å². The maximum Gasteiger partial charge on any atom is 0.0145 e. The van der Waals surface area contributed by atoms with Crippen LogP contribution in [0.25, 0.3) is 21.9 Å². The molecule has 0 fully saturated rings. The highest BCUT2D eigenvalue weighted by molar-refractivity contribution is 6.05. The Hall–Kier alpha value is -2.08. The van der Waals surface area contributed by atoms with Crippen LogP contribution >= 0.6 is 0 Å². The van der Waals surface area contributed by atoms with Gasteiger partial charge in [0.05, 0.1) is 0 Å². The highest BCUT2D eigenvalue weighted by atomic mass is 14.5. The number of rotatable bonds is 1. The van der Waals surface area contributed by atoms with Crippen LogP contribution in [0.1, 0.15) is 45.2 Å². The lowest BCUT2D eigenvalue weighted by Crippen LogP contribution is -1.94. The van der Waals surface area contributed by atoms with E-state index in [0.29, 0.717) is 0 Å². The molecule has 0 aliphatic heterocycles. The first-order valence-corrected chi connectivity index (χ1v) is 7.66. The van der Waals surface area contributed by atoms with Crippen molar-refractivity contribution < 1.29 is 0 Å². The van der Waals surface area contributed by atoms with Gasteiger partial charge >= 0.3 is 0 Å². The predicted molar refractivity (Wildman–Crippen MR) is 80.5 cm³/mol. The Morgan fingerprint density at radius 2 is 1.50 bits per heavy atom. The van der Waals surface area contributed by atoms with Gasteiger partial charge in [-0.1, -0.05) is 36.4 Å². The minimum absolute atomic E-state index is 0.825. The normalized spacial score (nSPS) is 24.6. The fraction of sp³-hybridized carbons (Fsp3) is 0.200. The molecule has 0 heterocycles. The zero-order valence-electron chi connectivity index (χ0n) is 11.0. The standard InChI is InChI=1S/C20H12/c1-2-11(13-5-4-9-6-15-17(9)20(13)15)14-7-10-8-16-18(10)19(16)12(14)3-1/h1-5,7,15-16H,6,8H2. The first kappa shape index (κ1) is 8.97. The molecule has 3 aromatic carbocycles. The summed E-state index contributed by atoms with van der Waals surface area (Å²) in [7, 11) is 0. The van der Waals surface area contributed by atoms with Gasteiger partial charge in [-0.3, -0.25) is 0 Å². The third-order valence-electron chi connectivity index (χ3n) is 6.09. The van der Waals surface area contributed by atoms with Crippen LogP contribution in [-0.2, 0) is 12.8 Å². The molecule has 2 atom stereocenters. The summed E-state index contributed by atoms with van der Waals surface area (Å²) in [6.45, 7) is 0. The number of hydrogen-bond donors (Lipinski definition) is 0. The maximum atomic E-state index is 2.47. The molecule has 4 aliphatic rings. The molecule has 0 nitrogen and oxygen atoms in total. The Bertz CT molecular complexity index is 1010. The molecule has 3 aromatic rings. The lowest BCUT2D eigenvalue weighted by molar-refractivity contribution is 0.871. The Labute approximate surface area is 117 Å². The van der Waals surface area contributed by atoms with E-state index in [2.05, 4.69) is 36.4 Å². The first-order valence-electron chi connectivity index (χ1n) is 7.66. The molecule has 0 amide bonds. The van der Waals surface area contributed by atoms with Gasteiger partial charge < -0.3 is 0 Å². The van der Waals surface area contributed by atoms with E-state index in [1.54, 1.807) is 33.4 Å². The number of hydrogen-bond acceptors (Lipinski definition) is 0. The predicted octanol–water partition coefficient (Wildman–Crippen LogP) is 4.51. The second-order valence-corrected chi connectivity index (χ2v) is 6.88. The van der Waals surface area contributed by atoms with E-state index in [1.165, 1.54) is 34.7 Å². The molecule has 7 rings (SSSR count). The molecule has 0 bridgehead atoms. The molecule has 0 saturated carbocycles. The molecule has 0 spiro atoms. The van der Waals surface area contributed by atoms with Gasteiger partial charge in [0.1, 0.15) is 0 Å². The van der Waals surface area contributed by atoms with Gasteiger partial charge in [-0.25, -0.2) is 0 Å². The third kappa shape index (κ3) is 0.746. The highest BCUT2D eigenvalue weighted by Gasteiger charge is 2.47. The molecule has 0 N–H and O–H groups in total. The summed E-state index contributed by atoms with van der Waals surface area (Å²) in [5.41, 5.74) is 12.9. The SMILES string of the molecule is c1cc(-c2ccc3c4c2C4C3)c2cc3c4c(c2c1)C4C3. The van der Waals surface area contributed by atoms with Crippen molar-refractivity contribution in [1.82, 2.24) is 0 Å². The quantitative estimate of drug-likeness (QED) is 0.597. The van der Waals surface area contributed by atoms with Crippen LogP contribution in [0.5, 0.6) is 0 Å². The van der Waals surface area contributed by atoms with Crippen molar-refractivity contribution in [2.45, 2.75) is 24.7 Å². The van der Waals surface area contributed by atoms with Crippen LogP contribution in [0.15, 0.2) is 36.4 Å². The summed E-state index contributed by atoms with van der Waals surface area (Å²) in [5.74, 6) is 1.66. The Morgan fingerprint density at radius 1 is 0.650 bits per heavy atom. The zero-order valence-corrected chi connectivity index (χ0v) is 11.0. The van der Waals surface area contributed by atoms with Crippen molar-refractivity contribution in [3.8, 4) is 11.1 Å². The molecule has 0 radical (unpaired) electrons. The van der Waals surface area contributed by atoms with E-state index in [1.807, 2.05) is 0 Å². The molecular weight excluding hydrogens is 240 g/mol. The average molecular weight is 252 g/mol. The first-order chi connectivity index (χ1) is 9.92. The molecule has 4 aliphatic carbocycles. The smallest absolute Gasteiger partial charge is 0.0145 e. The van der Waals surface area contributed by atoms with Crippen LogP contribution in [0.2, 0.25) is 0 Å². The monoisotopic (exact) mass is 252 g/mol. The minimum Gasteiger partial charge on any atom is -0.0610 e. The van der Waals surface area contributed by atoms with Crippen LogP contribution in [0, 0.1) is 0 Å². The molecule has 20 heavy (non-hydrogen) atoms. The van der Waals surface area contributed by atoms with Crippen LogP contribution in [-0.4, -0.2) is 0 Å². The van der Waals surface area contributed by atoms with Gasteiger partial charge in [0, 0.05) is 11.8 Å². The van der Waals surface area contributed by atoms with Gasteiger partial charge in [0.2, 0.25) is 0 Å². The van der Waals surface area contributed by atoms with Crippen LogP contribution < -0.4 is 0 Å². The molecule has 2 unspecified atom stereocenters. The topological polar surface area (TPSA) is 0 Å². The summed E-state index contributed by atoms with van der Waals surface area (Å²) in [4.78, 5) is 0. The third-order valence-corrected chi connectivity index (χ3v) is 6.09.